The number of carboxylic acid groups (broad SMARTS) is 1. The molecule has 0 atom stereocenters. The van der Waals surface area contributed by atoms with E-state index in [0.717, 1.165) is 6.92 Å². The molecule has 0 aromatic rings. The van der Waals surface area contributed by atoms with E-state index in [-0.39, 0.29) is 75.2 Å². The zero-order valence-corrected chi connectivity index (χ0v) is 8.20. The fourth-order valence-electron chi connectivity index (χ4n) is 0. The van der Waals surface area contributed by atoms with E-state index in [4.69, 9.17) is 27.4 Å². The molecule has 0 saturated heterocycles. The summed E-state index contributed by atoms with van der Waals surface area (Å²) in [5.74, 6) is -0.667. The van der Waals surface area contributed by atoms with Crippen LogP contribution in [-0.2, 0) is 20.0 Å². The summed E-state index contributed by atoms with van der Waals surface area (Å²) >= 11 is 0. The summed E-state index contributed by atoms with van der Waals surface area (Å²) in [5.41, 5.74) is 0. The SMILES string of the molecule is CC(=O)O.CC(C)=O.O=S(=O)(O)O.[AlH3].[AlH3].[AlH3].[AlH3]. The smallest absolute Gasteiger partial charge is 0.394 e. The van der Waals surface area contributed by atoms with Gasteiger partial charge >= 0.3 is 10.4 Å². The van der Waals surface area contributed by atoms with Gasteiger partial charge in [-0.15, -0.1) is 0 Å². The monoisotopic (exact) mass is 336 g/mol. The van der Waals surface area contributed by atoms with Gasteiger partial charge in [-0.25, -0.2) is 0 Å². The molecule has 0 radical (unpaired) electrons. The normalized spacial score (nSPS) is 6.41. The maximum Gasteiger partial charge on any atom is 0.394 e. The number of hydrogen-bond donors (Lipinski definition) is 3. The van der Waals surface area contributed by atoms with Crippen molar-refractivity contribution in [3.05, 3.63) is 0 Å². The van der Waals surface area contributed by atoms with E-state index in [1.807, 2.05) is 0 Å². The Balaban J connectivity index is -0.0000000159. The average molecular weight is 336 g/mol. The maximum absolute atomic E-state index is 9.44. The van der Waals surface area contributed by atoms with Gasteiger partial charge in [0.1, 0.15) is 5.78 Å². The van der Waals surface area contributed by atoms with E-state index in [1.54, 1.807) is 0 Å². The molecule has 3 N–H and O–H groups in total. The lowest BCUT2D eigenvalue weighted by atomic mass is 10.6. The molecule has 12 heteroatoms. The third-order valence-corrected chi connectivity index (χ3v) is 0. The second kappa shape index (κ2) is 25.9. The summed E-state index contributed by atoms with van der Waals surface area (Å²) in [5, 5.41) is 7.42. The van der Waals surface area contributed by atoms with E-state index in [1.165, 1.54) is 13.8 Å². The molecule has 0 bridgehead atoms. The molecular formula is C5H24Al4O7S. The van der Waals surface area contributed by atoms with Crippen LogP contribution in [0.5, 0.6) is 0 Å². The summed E-state index contributed by atoms with van der Waals surface area (Å²) in [6, 6.07) is 0. The highest BCUT2D eigenvalue weighted by Gasteiger charge is 1.84. The van der Waals surface area contributed by atoms with Gasteiger partial charge in [-0.3, -0.25) is 13.9 Å². The largest absolute Gasteiger partial charge is 0.481 e. The van der Waals surface area contributed by atoms with Crippen LogP contribution in [0.1, 0.15) is 20.8 Å². The molecule has 0 aliphatic heterocycles. The van der Waals surface area contributed by atoms with E-state index in [2.05, 4.69) is 0 Å². The van der Waals surface area contributed by atoms with Crippen molar-refractivity contribution >= 4 is 91.6 Å². The molecule has 0 unspecified atom stereocenters. The van der Waals surface area contributed by atoms with Crippen molar-refractivity contribution in [2.24, 2.45) is 0 Å². The highest BCUT2D eigenvalue weighted by atomic mass is 32.3. The number of aliphatic carboxylic acids is 1. The van der Waals surface area contributed by atoms with Crippen molar-refractivity contribution in [2.45, 2.75) is 20.8 Å². The Morgan fingerprint density at radius 2 is 0.824 bits per heavy atom. The number of Topliss-reactive ketones (excluding diaryl/α,β-unsaturated/α-hetero) is 1. The number of carbonyl (C=O) groups is 2. The molecule has 0 heterocycles. The fraction of sp³-hybridized carbons (Fsp3) is 0.600. The minimum Gasteiger partial charge on any atom is -0.481 e. The summed E-state index contributed by atoms with van der Waals surface area (Å²) in [4.78, 5) is 18.4. The first-order chi connectivity index (χ1) is 5.46. The number of carbonyl (C=O) groups excluding carboxylic acids is 1. The lowest BCUT2D eigenvalue weighted by Gasteiger charge is -1.68. The second-order valence-electron chi connectivity index (χ2n) is 1.88. The van der Waals surface area contributed by atoms with Gasteiger partial charge in [0, 0.05) is 6.92 Å². The molecule has 0 saturated carbocycles. The summed E-state index contributed by atoms with van der Waals surface area (Å²) in [6.45, 7) is 4.14. The molecule has 0 aliphatic rings. The van der Waals surface area contributed by atoms with Gasteiger partial charge < -0.3 is 9.90 Å². The Hall–Kier alpha value is 1.14. The Labute approximate surface area is 143 Å². The molecule has 0 fully saturated rings. The zero-order chi connectivity index (χ0) is 11.7. The van der Waals surface area contributed by atoms with Crippen molar-refractivity contribution in [1.82, 2.24) is 0 Å². The number of carboxylic acids is 1. The van der Waals surface area contributed by atoms with Gasteiger partial charge in [0.2, 0.25) is 0 Å². The van der Waals surface area contributed by atoms with Crippen LogP contribution < -0.4 is 0 Å². The third-order valence-electron chi connectivity index (χ3n) is 0. The van der Waals surface area contributed by atoms with Gasteiger partial charge in [-0.2, -0.15) is 8.42 Å². The van der Waals surface area contributed by atoms with E-state index in [9.17, 15) is 4.79 Å². The summed E-state index contributed by atoms with van der Waals surface area (Å²) in [7, 11) is -4.67. The standard InChI is InChI=1S/C3H6O.C2H4O2.4Al.H2O4S.12H/c1-3(2)4;1-2(3)4;;;;;1-5(2,3)4;;;;;;;;;;;;/h1-2H3;1H3,(H,3,4);;;;;(H2,1,2,3,4);;;;;;;;;;;;. The lowest BCUT2D eigenvalue weighted by Crippen LogP contribution is -1.89. The topological polar surface area (TPSA) is 129 Å². The molecule has 0 spiro atoms. The molecule has 7 nitrogen and oxygen atoms in total. The number of ketones is 1. The summed E-state index contributed by atoms with van der Waals surface area (Å²) < 4.78 is 31.6. The van der Waals surface area contributed by atoms with E-state index in [0.29, 0.717) is 0 Å². The van der Waals surface area contributed by atoms with E-state index < -0.39 is 16.4 Å². The minimum absolute atomic E-state index is 0. The van der Waals surface area contributed by atoms with Crippen molar-refractivity contribution in [2.75, 3.05) is 0 Å². The molecule has 104 valence electrons. The molecule has 0 amide bonds. The van der Waals surface area contributed by atoms with Crippen molar-refractivity contribution in [1.29, 1.82) is 0 Å². The third kappa shape index (κ3) is 3020. The van der Waals surface area contributed by atoms with Crippen LogP contribution in [0.2, 0.25) is 0 Å². The predicted octanol–water partition coefficient (Wildman–Crippen LogP) is -4.70. The van der Waals surface area contributed by atoms with Crippen LogP contribution in [0.25, 0.3) is 0 Å². The van der Waals surface area contributed by atoms with Gasteiger partial charge in [0.05, 0.1) is 0 Å². The quantitative estimate of drug-likeness (QED) is 0.299. The molecule has 17 heavy (non-hydrogen) atoms. The first-order valence-corrected chi connectivity index (χ1v) is 4.23. The van der Waals surface area contributed by atoms with Gasteiger partial charge in [0.15, 0.2) is 69.4 Å². The van der Waals surface area contributed by atoms with Crippen molar-refractivity contribution < 1.29 is 32.2 Å². The van der Waals surface area contributed by atoms with Crippen LogP contribution in [0, 0.1) is 0 Å². The Morgan fingerprint density at radius 1 is 0.824 bits per heavy atom. The second-order valence-corrected chi connectivity index (χ2v) is 2.77. The molecular weight excluding hydrogens is 312 g/mol. The number of rotatable bonds is 0. The Morgan fingerprint density at radius 3 is 0.824 bits per heavy atom. The maximum atomic E-state index is 9.44. The Bertz CT molecular complexity index is 225. The molecule has 0 aromatic carbocycles. The Kier molecular flexibility index (Phi) is 65.3. The first kappa shape index (κ1) is 42.9. The minimum atomic E-state index is -4.67. The first-order valence-electron chi connectivity index (χ1n) is 2.83. The fourth-order valence-corrected chi connectivity index (χ4v) is 0. The molecule has 0 aliphatic carbocycles. The van der Waals surface area contributed by atoms with E-state index >= 15 is 0 Å². The van der Waals surface area contributed by atoms with Crippen molar-refractivity contribution in [3.8, 4) is 0 Å². The van der Waals surface area contributed by atoms with Crippen LogP contribution in [0.15, 0.2) is 0 Å². The number of hydrogen-bond acceptors (Lipinski definition) is 4. The van der Waals surface area contributed by atoms with Crippen LogP contribution >= 0.6 is 0 Å². The highest BCUT2D eigenvalue weighted by molar-refractivity contribution is 7.79. The molecule has 0 rings (SSSR count). The summed E-state index contributed by atoms with van der Waals surface area (Å²) in [6.07, 6.45) is 0. The lowest BCUT2D eigenvalue weighted by molar-refractivity contribution is -0.134. The van der Waals surface area contributed by atoms with Crippen LogP contribution in [-0.4, -0.2) is 104 Å². The molecule has 0 aromatic heterocycles. The predicted molar refractivity (Wildman–Crippen MR) is 83.6 cm³/mol. The van der Waals surface area contributed by atoms with Gasteiger partial charge in [0.25, 0.3) is 5.97 Å². The zero-order valence-electron chi connectivity index (χ0n) is 7.38. The highest BCUT2D eigenvalue weighted by Crippen LogP contribution is 1.59. The average Bonchev–Trinajstić information content (AvgIpc) is 1.50. The van der Waals surface area contributed by atoms with Crippen LogP contribution in [0.3, 0.4) is 0 Å². The van der Waals surface area contributed by atoms with Crippen molar-refractivity contribution in [3.63, 3.8) is 0 Å². The van der Waals surface area contributed by atoms with Gasteiger partial charge in [-0.05, 0) is 13.8 Å². The van der Waals surface area contributed by atoms with Crippen LogP contribution in [0.4, 0.5) is 0 Å². The van der Waals surface area contributed by atoms with Gasteiger partial charge in [-0.1, -0.05) is 0 Å².